The molecule has 0 aliphatic heterocycles. The molecular formula is C13H11ClN2O2. The van der Waals surface area contributed by atoms with Gasteiger partial charge in [0.15, 0.2) is 0 Å². The van der Waals surface area contributed by atoms with Crippen LogP contribution < -0.4 is 5.32 Å². The van der Waals surface area contributed by atoms with Crippen molar-refractivity contribution >= 4 is 28.9 Å². The third-order valence-electron chi connectivity index (χ3n) is 2.44. The molecule has 0 radical (unpaired) electrons. The van der Waals surface area contributed by atoms with Crippen LogP contribution in [0.4, 0.5) is 11.4 Å². The van der Waals surface area contributed by atoms with E-state index in [1.54, 1.807) is 6.07 Å². The smallest absolute Gasteiger partial charge is 0.337 e. The minimum atomic E-state index is -1.01. The summed E-state index contributed by atoms with van der Waals surface area (Å²) in [6.45, 7) is 1.93. The molecule has 2 rings (SSSR count). The molecule has 1 heterocycles. The van der Waals surface area contributed by atoms with Crippen molar-refractivity contribution in [2.75, 3.05) is 5.32 Å². The van der Waals surface area contributed by atoms with Crippen molar-refractivity contribution < 1.29 is 9.90 Å². The summed E-state index contributed by atoms with van der Waals surface area (Å²) in [7, 11) is 0. The Morgan fingerprint density at radius 1 is 1.33 bits per heavy atom. The third-order valence-corrected chi connectivity index (χ3v) is 2.77. The number of aromatic nitrogens is 1. The van der Waals surface area contributed by atoms with E-state index in [2.05, 4.69) is 10.3 Å². The number of halogens is 1. The van der Waals surface area contributed by atoms with Gasteiger partial charge in [-0.2, -0.15) is 0 Å². The molecule has 2 aromatic rings. The second kappa shape index (κ2) is 5.06. The lowest BCUT2D eigenvalue weighted by molar-refractivity contribution is 0.0698. The van der Waals surface area contributed by atoms with E-state index in [1.165, 1.54) is 18.5 Å². The minimum Gasteiger partial charge on any atom is -0.478 e. The Balaban J connectivity index is 2.40. The van der Waals surface area contributed by atoms with Crippen molar-refractivity contribution in [2.45, 2.75) is 6.92 Å². The largest absolute Gasteiger partial charge is 0.478 e. The summed E-state index contributed by atoms with van der Waals surface area (Å²) >= 11 is 6.05. The highest BCUT2D eigenvalue weighted by Gasteiger charge is 2.10. The monoisotopic (exact) mass is 262 g/mol. The number of aromatic carboxylic acids is 1. The van der Waals surface area contributed by atoms with Gasteiger partial charge in [-0.05, 0) is 30.7 Å². The summed E-state index contributed by atoms with van der Waals surface area (Å²) in [5, 5.41) is 12.6. The predicted octanol–water partition coefficient (Wildman–Crippen LogP) is 3.49. The first-order chi connectivity index (χ1) is 8.58. The zero-order valence-corrected chi connectivity index (χ0v) is 10.4. The topological polar surface area (TPSA) is 62.2 Å². The van der Waals surface area contributed by atoms with Gasteiger partial charge in [0, 0.05) is 6.20 Å². The average molecular weight is 263 g/mol. The van der Waals surface area contributed by atoms with Crippen LogP contribution in [0.1, 0.15) is 15.9 Å². The molecule has 92 valence electrons. The maximum atomic E-state index is 11.1. The fourth-order valence-electron chi connectivity index (χ4n) is 1.56. The zero-order chi connectivity index (χ0) is 13.1. The number of carboxylic acids is 1. The summed E-state index contributed by atoms with van der Waals surface area (Å²) < 4.78 is 0. The molecular weight excluding hydrogens is 252 g/mol. The highest BCUT2D eigenvalue weighted by Crippen LogP contribution is 2.27. The quantitative estimate of drug-likeness (QED) is 0.889. The maximum absolute atomic E-state index is 11.1. The van der Waals surface area contributed by atoms with Crippen LogP contribution in [0.15, 0.2) is 36.7 Å². The lowest BCUT2D eigenvalue weighted by Crippen LogP contribution is -2.03. The Morgan fingerprint density at radius 3 is 2.83 bits per heavy atom. The van der Waals surface area contributed by atoms with Gasteiger partial charge in [-0.3, -0.25) is 4.98 Å². The van der Waals surface area contributed by atoms with Crippen molar-refractivity contribution in [1.29, 1.82) is 0 Å². The Bertz CT molecular complexity index is 599. The molecule has 0 aliphatic carbocycles. The molecule has 0 unspecified atom stereocenters. The van der Waals surface area contributed by atoms with Gasteiger partial charge in [-0.25, -0.2) is 4.79 Å². The van der Waals surface area contributed by atoms with Crippen LogP contribution in [0.25, 0.3) is 0 Å². The third kappa shape index (κ3) is 2.60. The zero-order valence-electron chi connectivity index (χ0n) is 9.64. The molecule has 5 heteroatoms. The molecule has 0 saturated heterocycles. The van der Waals surface area contributed by atoms with Gasteiger partial charge < -0.3 is 10.4 Å². The molecule has 4 nitrogen and oxygen atoms in total. The first kappa shape index (κ1) is 12.4. The second-order valence-corrected chi connectivity index (χ2v) is 4.24. The molecule has 0 atom stereocenters. The van der Waals surface area contributed by atoms with E-state index in [9.17, 15) is 4.79 Å². The van der Waals surface area contributed by atoms with Crippen molar-refractivity contribution in [3.05, 3.63) is 52.8 Å². The number of rotatable bonds is 3. The lowest BCUT2D eigenvalue weighted by Gasteiger charge is -2.11. The van der Waals surface area contributed by atoms with E-state index >= 15 is 0 Å². The van der Waals surface area contributed by atoms with Gasteiger partial charge in [0.25, 0.3) is 0 Å². The minimum absolute atomic E-state index is 0.155. The van der Waals surface area contributed by atoms with Gasteiger partial charge in [-0.1, -0.05) is 17.7 Å². The Labute approximate surface area is 109 Å². The van der Waals surface area contributed by atoms with Gasteiger partial charge >= 0.3 is 5.97 Å². The fourth-order valence-corrected chi connectivity index (χ4v) is 1.73. The van der Waals surface area contributed by atoms with Crippen LogP contribution in [0.5, 0.6) is 0 Å². The number of anilines is 2. The van der Waals surface area contributed by atoms with Gasteiger partial charge in [0.2, 0.25) is 0 Å². The van der Waals surface area contributed by atoms with Gasteiger partial charge in [0.05, 0.1) is 28.2 Å². The normalized spacial score (nSPS) is 10.1. The Kier molecular flexibility index (Phi) is 3.48. The predicted molar refractivity (Wildman–Crippen MR) is 70.7 cm³/mol. The Morgan fingerprint density at radius 2 is 2.11 bits per heavy atom. The second-order valence-electron chi connectivity index (χ2n) is 3.83. The molecule has 1 aromatic heterocycles. The number of carbonyl (C=O) groups is 1. The summed E-state index contributed by atoms with van der Waals surface area (Å²) in [5.74, 6) is -1.01. The van der Waals surface area contributed by atoms with E-state index in [4.69, 9.17) is 16.7 Å². The van der Waals surface area contributed by atoms with E-state index in [-0.39, 0.29) is 5.56 Å². The SMILES string of the molecule is Cc1ccc(Cl)c(Nc2cnccc2C(=O)O)c1. The number of hydrogen-bond acceptors (Lipinski definition) is 3. The summed E-state index contributed by atoms with van der Waals surface area (Å²) in [6, 6.07) is 6.93. The molecule has 0 spiro atoms. The highest BCUT2D eigenvalue weighted by atomic mass is 35.5. The molecule has 2 N–H and O–H groups in total. The van der Waals surface area contributed by atoms with Crippen LogP contribution in [-0.4, -0.2) is 16.1 Å². The number of pyridine rings is 1. The van der Waals surface area contributed by atoms with Gasteiger partial charge in [-0.15, -0.1) is 0 Å². The molecule has 0 fully saturated rings. The first-order valence-electron chi connectivity index (χ1n) is 5.28. The summed E-state index contributed by atoms with van der Waals surface area (Å²) in [4.78, 5) is 15.0. The van der Waals surface area contributed by atoms with Crippen LogP contribution in [0.2, 0.25) is 5.02 Å². The number of carboxylic acid groups (broad SMARTS) is 1. The van der Waals surface area contributed by atoms with Crippen LogP contribution in [0.3, 0.4) is 0 Å². The molecule has 18 heavy (non-hydrogen) atoms. The summed E-state index contributed by atoms with van der Waals surface area (Å²) in [5.41, 5.74) is 2.26. The number of aryl methyl sites for hydroxylation is 1. The van der Waals surface area contributed by atoms with Crippen molar-refractivity contribution in [1.82, 2.24) is 4.98 Å². The van der Waals surface area contributed by atoms with E-state index in [1.807, 2.05) is 19.1 Å². The summed E-state index contributed by atoms with van der Waals surface area (Å²) in [6.07, 6.45) is 2.90. The molecule has 0 saturated carbocycles. The van der Waals surface area contributed by atoms with Gasteiger partial charge in [0.1, 0.15) is 0 Å². The molecule has 0 bridgehead atoms. The highest BCUT2D eigenvalue weighted by molar-refractivity contribution is 6.33. The number of nitrogens with one attached hydrogen (secondary N) is 1. The number of hydrogen-bond donors (Lipinski definition) is 2. The fraction of sp³-hybridized carbons (Fsp3) is 0.0769. The number of benzene rings is 1. The molecule has 0 amide bonds. The van der Waals surface area contributed by atoms with Crippen molar-refractivity contribution in [3.63, 3.8) is 0 Å². The van der Waals surface area contributed by atoms with E-state index in [0.717, 1.165) is 5.56 Å². The van der Waals surface area contributed by atoms with Crippen molar-refractivity contribution in [2.24, 2.45) is 0 Å². The first-order valence-corrected chi connectivity index (χ1v) is 5.66. The van der Waals surface area contributed by atoms with Crippen molar-refractivity contribution in [3.8, 4) is 0 Å². The number of nitrogens with zero attached hydrogens (tertiary/aromatic N) is 1. The average Bonchev–Trinajstić information content (AvgIpc) is 2.34. The maximum Gasteiger partial charge on any atom is 0.337 e. The Hall–Kier alpha value is -2.07. The molecule has 0 aliphatic rings. The molecule has 1 aromatic carbocycles. The standard InChI is InChI=1S/C13H11ClN2O2/c1-8-2-3-10(14)11(6-8)16-12-7-15-5-4-9(12)13(17)18/h2-7,16H,1H3,(H,17,18). The van der Waals surface area contributed by atoms with Crippen LogP contribution in [-0.2, 0) is 0 Å². The van der Waals surface area contributed by atoms with E-state index in [0.29, 0.717) is 16.4 Å². The van der Waals surface area contributed by atoms with E-state index < -0.39 is 5.97 Å². The van der Waals surface area contributed by atoms with Crippen LogP contribution in [0, 0.1) is 6.92 Å². The lowest BCUT2D eigenvalue weighted by atomic mass is 10.2. The van der Waals surface area contributed by atoms with Crippen LogP contribution >= 0.6 is 11.6 Å².